The molecular weight excluding hydrogens is 312 g/mol. The normalized spacial score (nSPS) is 17.0. The SMILES string of the molecule is CCN(C(=O)C1CC(=O)N(c2ccc(C)cc2C)C1)c1ccccc1. The quantitative estimate of drug-likeness (QED) is 0.854. The zero-order chi connectivity index (χ0) is 18.0. The zero-order valence-electron chi connectivity index (χ0n) is 15.0. The molecule has 1 saturated heterocycles. The van der Waals surface area contributed by atoms with Crippen LogP contribution in [-0.4, -0.2) is 24.9 Å². The van der Waals surface area contributed by atoms with Crippen molar-refractivity contribution in [3.05, 3.63) is 59.7 Å². The van der Waals surface area contributed by atoms with Gasteiger partial charge in [-0.05, 0) is 44.5 Å². The third-order valence-electron chi connectivity index (χ3n) is 4.77. The first kappa shape index (κ1) is 17.2. The molecule has 0 bridgehead atoms. The Labute approximate surface area is 149 Å². The summed E-state index contributed by atoms with van der Waals surface area (Å²) < 4.78 is 0. The van der Waals surface area contributed by atoms with Crippen LogP contribution in [0.25, 0.3) is 0 Å². The van der Waals surface area contributed by atoms with Crippen LogP contribution in [0, 0.1) is 19.8 Å². The van der Waals surface area contributed by atoms with Gasteiger partial charge in [-0.25, -0.2) is 0 Å². The number of nitrogens with zero attached hydrogens (tertiary/aromatic N) is 2. The summed E-state index contributed by atoms with van der Waals surface area (Å²) in [5, 5.41) is 0. The fraction of sp³-hybridized carbons (Fsp3) is 0.333. The second kappa shape index (κ2) is 7.09. The number of carbonyl (C=O) groups is 2. The molecule has 2 amide bonds. The number of carbonyl (C=O) groups excluding carboxylic acids is 2. The summed E-state index contributed by atoms with van der Waals surface area (Å²) in [7, 11) is 0. The van der Waals surface area contributed by atoms with Gasteiger partial charge in [-0.1, -0.05) is 35.9 Å². The van der Waals surface area contributed by atoms with Crippen molar-refractivity contribution in [2.75, 3.05) is 22.9 Å². The number of hydrogen-bond acceptors (Lipinski definition) is 2. The van der Waals surface area contributed by atoms with Crippen molar-refractivity contribution in [2.24, 2.45) is 5.92 Å². The van der Waals surface area contributed by atoms with Gasteiger partial charge >= 0.3 is 0 Å². The van der Waals surface area contributed by atoms with Crippen LogP contribution in [0.4, 0.5) is 11.4 Å². The molecule has 3 rings (SSSR count). The van der Waals surface area contributed by atoms with E-state index in [1.165, 1.54) is 5.56 Å². The van der Waals surface area contributed by atoms with Crippen molar-refractivity contribution in [3.8, 4) is 0 Å². The molecule has 1 unspecified atom stereocenters. The van der Waals surface area contributed by atoms with Crippen LogP contribution >= 0.6 is 0 Å². The van der Waals surface area contributed by atoms with E-state index in [1.54, 1.807) is 9.80 Å². The lowest BCUT2D eigenvalue weighted by molar-refractivity contribution is -0.124. The van der Waals surface area contributed by atoms with E-state index in [9.17, 15) is 9.59 Å². The minimum atomic E-state index is -0.298. The van der Waals surface area contributed by atoms with E-state index in [0.717, 1.165) is 16.9 Å². The Morgan fingerprint density at radius 1 is 1.16 bits per heavy atom. The Kier molecular flexibility index (Phi) is 4.88. The molecule has 0 aromatic heterocycles. The van der Waals surface area contributed by atoms with Crippen LogP contribution in [0.15, 0.2) is 48.5 Å². The maximum Gasteiger partial charge on any atom is 0.232 e. The van der Waals surface area contributed by atoms with Gasteiger partial charge < -0.3 is 9.80 Å². The molecule has 1 aliphatic heterocycles. The first-order valence-corrected chi connectivity index (χ1v) is 8.75. The third-order valence-corrected chi connectivity index (χ3v) is 4.77. The molecule has 1 heterocycles. The molecule has 4 heteroatoms. The Hall–Kier alpha value is -2.62. The predicted molar refractivity (Wildman–Crippen MR) is 101 cm³/mol. The maximum atomic E-state index is 13.0. The molecule has 4 nitrogen and oxygen atoms in total. The minimum Gasteiger partial charge on any atom is -0.312 e. The molecule has 2 aromatic rings. The van der Waals surface area contributed by atoms with Crippen molar-refractivity contribution in [3.63, 3.8) is 0 Å². The molecule has 0 radical (unpaired) electrons. The number of amides is 2. The Bertz CT molecular complexity index is 786. The molecule has 1 fully saturated rings. The zero-order valence-corrected chi connectivity index (χ0v) is 15.0. The van der Waals surface area contributed by atoms with E-state index in [0.29, 0.717) is 13.1 Å². The van der Waals surface area contributed by atoms with E-state index in [1.807, 2.05) is 63.2 Å². The summed E-state index contributed by atoms with van der Waals surface area (Å²) in [5.41, 5.74) is 4.03. The fourth-order valence-electron chi connectivity index (χ4n) is 3.51. The van der Waals surface area contributed by atoms with Crippen LogP contribution < -0.4 is 9.80 Å². The van der Waals surface area contributed by atoms with Gasteiger partial charge in [0.05, 0.1) is 5.92 Å². The summed E-state index contributed by atoms with van der Waals surface area (Å²) in [6, 6.07) is 15.7. The largest absolute Gasteiger partial charge is 0.312 e. The number of benzene rings is 2. The smallest absolute Gasteiger partial charge is 0.232 e. The lowest BCUT2D eigenvalue weighted by Gasteiger charge is -2.24. The molecule has 25 heavy (non-hydrogen) atoms. The molecule has 2 aromatic carbocycles. The van der Waals surface area contributed by atoms with Crippen molar-refractivity contribution < 1.29 is 9.59 Å². The van der Waals surface area contributed by atoms with E-state index in [-0.39, 0.29) is 24.2 Å². The van der Waals surface area contributed by atoms with Gasteiger partial charge in [0.25, 0.3) is 0 Å². The average Bonchev–Trinajstić information content (AvgIpc) is 2.98. The highest BCUT2D eigenvalue weighted by molar-refractivity contribution is 6.04. The highest BCUT2D eigenvalue weighted by atomic mass is 16.2. The van der Waals surface area contributed by atoms with Gasteiger partial charge in [0.15, 0.2) is 0 Å². The van der Waals surface area contributed by atoms with Crippen LogP contribution in [0.2, 0.25) is 0 Å². The lowest BCUT2D eigenvalue weighted by atomic mass is 10.1. The Balaban J connectivity index is 1.80. The topological polar surface area (TPSA) is 40.6 Å². The van der Waals surface area contributed by atoms with E-state index < -0.39 is 0 Å². The van der Waals surface area contributed by atoms with Gasteiger partial charge in [0.2, 0.25) is 11.8 Å². The number of para-hydroxylation sites is 1. The predicted octanol–water partition coefficient (Wildman–Crippen LogP) is 3.71. The van der Waals surface area contributed by atoms with Crippen LogP contribution in [0.1, 0.15) is 24.5 Å². The van der Waals surface area contributed by atoms with Gasteiger partial charge in [-0.15, -0.1) is 0 Å². The highest BCUT2D eigenvalue weighted by Crippen LogP contribution is 2.30. The number of aryl methyl sites for hydroxylation is 2. The van der Waals surface area contributed by atoms with Crippen molar-refractivity contribution in [2.45, 2.75) is 27.2 Å². The Morgan fingerprint density at radius 2 is 1.88 bits per heavy atom. The molecule has 0 aliphatic carbocycles. The highest BCUT2D eigenvalue weighted by Gasteiger charge is 2.37. The van der Waals surface area contributed by atoms with Gasteiger partial charge in [0.1, 0.15) is 0 Å². The van der Waals surface area contributed by atoms with Crippen molar-refractivity contribution >= 4 is 23.2 Å². The summed E-state index contributed by atoms with van der Waals surface area (Å²) in [5.74, 6) is -0.253. The molecule has 0 spiro atoms. The second-order valence-corrected chi connectivity index (χ2v) is 6.61. The summed E-state index contributed by atoms with van der Waals surface area (Å²) in [6.45, 7) is 7.05. The number of rotatable bonds is 4. The third kappa shape index (κ3) is 3.43. The summed E-state index contributed by atoms with van der Waals surface area (Å²) in [4.78, 5) is 29.0. The maximum absolute atomic E-state index is 13.0. The van der Waals surface area contributed by atoms with Gasteiger partial charge in [0, 0.05) is 30.9 Å². The number of anilines is 2. The number of hydrogen-bond donors (Lipinski definition) is 0. The summed E-state index contributed by atoms with van der Waals surface area (Å²) in [6.07, 6.45) is 0.273. The van der Waals surface area contributed by atoms with Crippen LogP contribution in [0.3, 0.4) is 0 Å². The first-order valence-electron chi connectivity index (χ1n) is 8.75. The van der Waals surface area contributed by atoms with Crippen LogP contribution in [-0.2, 0) is 9.59 Å². The van der Waals surface area contributed by atoms with E-state index >= 15 is 0 Å². The van der Waals surface area contributed by atoms with Crippen LogP contribution in [0.5, 0.6) is 0 Å². The second-order valence-electron chi connectivity index (χ2n) is 6.61. The average molecular weight is 336 g/mol. The monoisotopic (exact) mass is 336 g/mol. The standard InChI is InChI=1S/C21H24N2O2/c1-4-22(18-8-6-5-7-9-18)21(25)17-13-20(24)23(14-17)19-11-10-15(2)12-16(19)3/h5-12,17H,4,13-14H2,1-3H3. The van der Waals surface area contributed by atoms with Crippen molar-refractivity contribution in [1.82, 2.24) is 0 Å². The minimum absolute atomic E-state index is 0.0225. The van der Waals surface area contributed by atoms with E-state index in [4.69, 9.17) is 0 Å². The molecule has 0 N–H and O–H groups in total. The molecule has 1 aliphatic rings. The van der Waals surface area contributed by atoms with Gasteiger partial charge in [-0.3, -0.25) is 9.59 Å². The van der Waals surface area contributed by atoms with Gasteiger partial charge in [-0.2, -0.15) is 0 Å². The molecule has 1 atom stereocenters. The van der Waals surface area contributed by atoms with Crippen molar-refractivity contribution in [1.29, 1.82) is 0 Å². The van der Waals surface area contributed by atoms with E-state index in [2.05, 4.69) is 6.07 Å². The summed E-state index contributed by atoms with van der Waals surface area (Å²) >= 11 is 0. The first-order chi connectivity index (χ1) is 12.0. The lowest BCUT2D eigenvalue weighted by Crippen LogP contribution is -2.37. The fourth-order valence-corrected chi connectivity index (χ4v) is 3.51. The molecule has 0 saturated carbocycles. The molecule has 130 valence electrons. The molecular formula is C21H24N2O2. The Morgan fingerprint density at radius 3 is 2.52 bits per heavy atom.